The van der Waals surface area contributed by atoms with E-state index in [9.17, 15) is 15.0 Å². The summed E-state index contributed by atoms with van der Waals surface area (Å²) in [4.78, 5) is 12.4. The number of hydrogen-bond acceptors (Lipinski definition) is 7. The van der Waals surface area contributed by atoms with Crippen molar-refractivity contribution in [2.75, 3.05) is 14.2 Å². The van der Waals surface area contributed by atoms with Crippen molar-refractivity contribution in [2.45, 2.75) is 56.9 Å². The average molecular weight is 354 g/mol. The highest BCUT2D eigenvalue weighted by molar-refractivity contribution is 5.89. The first-order valence-electron chi connectivity index (χ1n) is 8.41. The van der Waals surface area contributed by atoms with Crippen molar-refractivity contribution in [3.8, 4) is 5.75 Å². The number of aliphatic hydroxyl groups excluding tert-OH is 2. The first-order chi connectivity index (χ1) is 12.0. The van der Waals surface area contributed by atoms with Crippen LogP contribution >= 0.6 is 0 Å². The fraction of sp³-hybridized carbons (Fsp3) is 0.611. The molecule has 0 spiro atoms. The third-order valence-electron chi connectivity index (χ3n) is 4.28. The van der Waals surface area contributed by atoms with Gasteiger partial charge in [0, 0.05) is 7.11 Å². The van der Waals surface area contributed by atoms with Gasteiger partial charge in [-0.1, -0.05) is 19.8 Å². The first kappa shape index (κ1) is 19.7. The van der Waals surface area contributed by atoms with Crippen LogP contribution in [-0.4, -0.2) is 61.1 Å². The molecule has 7 heteroatoms. The quantitative estimate of drug-likeness (QED) is 0.717. The van der Waals surface area contributed by atoms with Gasteiger partial charge in [0.2, 0.25) is 0 Å². The van der Waals surface area contributed by atoms with Gasteiger partial charge in [-0.25, -0.2) is 4.79 Å². The number of ether oxygens (including phenoxy) is 4. The Kier molecular flexibility index (Phi) is 7.19. The summed E-state index contributed by atoms with van der Waals surface area (Å²) in [7, 11) is 2.93. The molecule has 25 heavy (non-hydrogen) atoms. The average Bonchev–Trinajstić information content (AvgIpc) is 2.64. The number of unbranched alkanes of at least 4 members (excludes halogenated alkanes) is 1. The van der Waals surface area contributed by atoms with Crippen molar-refractivity contribution >= 4 is 5.97 Å². The highest BCUT2D eigenvalue weighted by Crippen LogP contribution is 2.28. The van der Waals surface area contributed by atoms with Gasteiger partial charge >= 0.3 is 5.97 Å². The zero-order valence-electron chi connectivity index (χ0n) is 14.8. The second-order valence-electron chi connectivity index (χ2n) is 6.00. The zero-order valence-corrected chi connectivity index (χ0v) is 14.8. The zero-order chi connectivity index (χ0) is 18.4. The standard InChI is InChI=1S/C18H26O7/c1-4-5-6-13-16(14(19)15(20)18(23-3)24-13)25-17(21)11-7-9-12(22-2)10-8-11/h7-10,13-16,18-20H,4-6H2,1-3H3/t13-,14+,15-,16+,18+/m1/s1. The minimum absolute atomic E-state index is 0.325. The predicted octanol–water partition coefficient (Wildman–Crippen LogP) is 1.50. The molecule has 140 valence electrons. The summed E-state index contributed by atoms with van der Waals surface area (Å²) in [5.74, 6) is 0.0247. The molecule has 0 aromatic heterocycles. The third-order valence-corrected chi connectivity index (χ3v) is 4.28. The van der Waals surface area contributed by atoms with Crippen LogP contribution in [0.4, 0.5) is 0 Å². The maximum Gasteiger partial charge on any atom is 0.338 e. The van der Waals surface area contributed by atoms with Gasteiger partial charge in [0.25, 0.3) is 0 Å². The monoisotopic (exact) mass is 354 g/mol. The number of carbonyl (C=O) groups is 1. The van der Waals surface area contributed by atoms with Crippen molar-refractivity contribution in [2.24, 2.45) is 0 Å². The summed E-state index contributed by atoms with van der Waals surface area (Å²) in [6.07, 6.45) is -2.71. The molecular weight excluding hydrogens is 328 g/mol. The van der Waals surface area contributed by atoms with E-state index in [-0.39, 0.29) is 0 Å². The number of esters is 1. The van der Waals surface area contributed by atoms with Crippen LogP contribution in [-0.2, 0) is 14.2 Å². The predicted molar refractivity (Wildman–Crippen MR) is 89.4 cm³/mol. The van der Waals surface area contributed by atoms with Crippen molar-refractivity contribution in [3.63, 3.8) is 0 Å². The summed E-state index contributed by atoms with van der Waals surface area (Å²) in [6, 6.07) is 6.45. The van der Waals surface area contributed by atoms with E-state index in [0.717, 1.165) is 12.8 Å². The number of benzene rings is 1. The molecule has 0 unspecified atom stereocenters. The van der Waals surface area contributed by atoms with E-state index in [1.165, 1.54) is 14.2 Å². The van der Waals surface area contributed by atoms with Crippen LogP contribution in [0.5, 0.6) is 5.75 Å². The van der Waals surface area contributed by atoms with Crippen molar-refractivity contribution in [3.05, 3.63) is 29.8 Å². The van der Waals surface area contributed by atoms with Crippen LogP contribution in [0.25, 0.3) is 0 Å². The number of carbonyl (C=O) groups excluding carboxylic acids is 1. The molecular formula is C18H26O7. The lowest BCUT2D eigenvalue weighted by atomic mass is 9.95. The van der Waals surface area contributed by atoms with E-state index in [4.69, 9.17) is 18.9 Å². The van der Waals surface area contributed by atoms with E-state index < -0.39 is 36.7 Å². The van der Waals surface area contributed by atoms with Crippen LogP contribution in [0.1, 0.15) is 36.5 Å². The molecule has 1 fully saturated rings. The number of aliphatic hydroxyl groups is 2. The molecule has 1 saturated heterocycles. The molecule has 1 aromatic rings. The van der Waals surface area contributed by atoms with Crippen LogP contribution in [0.15, 0.2) is 24.3 Å². The fourth-order valence-corrected chi connectivity index (χ4v) is 2.80. The van der Waals surface area contributed by atoms with Crippen molar-refractivity contribution in [1.29, 1.82) is 0 Å². The normalized spacial score (nSPS) is 29.2. The van der Waals surface area contributed by atoms with Crippen LogP contribution in [0.2, 0.25) is 0 Å². The van der Waals surface area contributed by atoms with Gasteiger partial charge in [-0.2, -0.15) is 0 Å². The Balaban J connectivity index is 2.12. The number of methoxy groups -OCH3 is 2. The minimum atomic E-state index is -1.29. The molecule has 1 aromatic carbocycles. The molecule has 5 atom stereocenters. The largest absolute Gasteiger partial charge is 0.497 e. The molecule has 2 N–H and O–H groups in total. The molecule has 0 amide bonds. The Hall–Kier alpha value is -1.67. The minimum Gasteiger partial charge on any atom is -0.497 e. The highest BCUT2D eigenvalue weighted by Gasteiger charge is 2.46. The molecule has 0 radical (unpaired) electrons. The molecule has 7 nitrogen and oxygen atoms in total. The Morgan fingerprint density at radius 3 is 2.40 bits per heavy atom. The summed E-state index contributed by atoms with van der Waals surface area (Å²) < 4.78 is 21.3. The Labute approximate surface area is 147 Å². The molecule has 0 saturated carbocycles. The van der Waals surface area contributed by atoms with Gasteiger partial charge in [0.05, 0.1) is 12.7 Å². The van der Waals surface area contributed by atoms with E-state index in [2.05, 4.69) is 0 Å². The van der Waals surface area contributed by atoms with Crippen molar-refractivity contribution in [1.82, 2.24) is 0 Å². The maximum atomic E-state index is 12.4. The lowest BCUT2D eigenvalue weighted by Gasteiger charge is -2.41. The summed E-state index contributed by atoms with van der Waals surface area (Å²) in [6.45, 7) is 2.03. The summed E-state index contributed by atoms with van der Waals surface area (Å²) in [5, 5.41) is 20.5. The second kappa shape index (κ2) is 9.15. The van der Waals surface area contributed by atoms with Gasteiger partial charge in [-0.05, 0) is 30.7 Å². The smallest absolute Gasteiger partial charge is 0.338 e. The Bertz CT molecular complexity index is 545. The number of rotatable bonds is 7. The SMILES string of the molecule is CCCC[C@H]1O[C@H](OC)[C@H](O)[C@H](O)[C@H]1OC(=O)c1ccc(OC)cc1. The molecule has 2 rings (SSSR count). The van der Waals surface area contributed by atoms with E-state index >= 15 is 0 Å². The van der Waals surface area contributed by atoms with E-state index in [1.54, 1.807) is 24.3 Å². The molecule has 0 bridgehead atoms. The van der Waals surface area contributed by atoms with Gasteiger partial charge in [-0.3, -0.25) is 0 Å². The fourth-order valence-electron chi connectivity index (χ4n) is 2.80. The lowest BCUT2D eigenvalue weighted by Crippen LogP contribution is -2.59. The topological polar surface area (TPSA) is 94.5 Å². The van der Waals surface area contributed by atoms with Gasteiger partial charge in [0.1, 0.15) is 24.1 Å². The van der Waals surface area contributed by atoms with Crippen LogP contribution in [0.3, 0.4) is 0 Å². The lowest BCUT2D eigenvalue weighted by molar-refractivity contribution is -0.290. The van der Waals surface area contributed by atoms with Gasteiger partial charge < -0.3 is 29.2 Å². The molecule has 1 aliphatic rings. The Morgan fingerprint density at radius 2 is 1.84 bits per heavy atom. The Morgan fingerprint density at radius 1 is 1.16 bits per heavy atom. The number of hydrogen-bond donors (Lipinski definition) is 2. The van der Waals surface area contributed by atoms with E-state index in [1.807, 2.05) is 6.92 Å². The van der Waals surface area contributed by atoms with Crippen LogP contribution < -0.4 is 4.74 Å². The third kappa shape index (κ3) is 4.70. The van der Waals surface area contributed by atoms with Crippen molar-refractivity contribution < 1.29 is 34.0 Å². The highest BCUT2D eigenvalue weighted by atomic mass is 16.7. The molecule has 1 heterocycles. The molecule has 0 aliphatic carbocycles. The first-order valence-corrected chi connectivity index (χ1v) is 8.41. The van der Waals surface area contributed by atoms with Gasteiger partial charge in [0.15, 0.2) is 12.4 Å². The van der Waals surface area contributed by atoms with Gasteiger partial charge in [-0.15, -0.1) is 0 Å². The summed E-state index contributed by atoms with van der Waals surface area (Å²) >= 11 is 0. The molecule has 1 aliphatic heterocycles. The summed E-state index contributed by atoms with van der Waals surface area (Å²) in [5.41, 5.74) is 0.325. The van der Waals surface area contributed by atoms with Crippen LogP contribution in [0, 0.1) is 0 Å². The van der Waals surface area contributed by atoms with E-state index in [0.29, 0.717) is 17.7 Å². The maximum absolute atomic E-state index is 12.4. The second-order valence-corrected chi connectivity index (χ2v) is 6.00.